The van der Waals surface area contributed by atoms with Crippen LogP contribution in [0.3, 0.4) is 0 Å². The molecule has 2 heterocycles. The van der Waals surface area contributed by atoms with E-state index in [4.69, 9.17) is 16.3 Å². The van der Waals surface area contributed by atoms with Gasteiger partial charge in [0.05, 0.1) is 5.69 Å². The molecule has 4 rings (SSSR count). The van der Waals surface area contributed by atoms with Crippen molar-refractivity contribution in [2.75, 3.05) is 0 Å². The molecule has 2 aromatic heterocycles. The monoisotopic (exact) mass is 452 g/mol. The molecule has 0 unspecified atom stereocenters. The van der Waals surface area contributed by atoms with Gasteiger partial charge in [-0.25, -0.2) is 9.78 Å². The second-order valence-corrected chi connectivity index (χ2v) is 7.15. The minimum Gasteiger partial charge on any atom is -0.487 e. The van der Waals surface area contributed by atoms with Crippen molar-refractivity contribution in [3.05, 3.63) is 87.3 Å². The van der Waals surface area contributed by atoms with E-state index >= 15 is 0 Å². The van der Waals surface area contributed by atoms with Crippen molar-refractivity contribution in [2.24, 2.45) is 0 Å². The standard InChI is InChI=1S/C21H17ClN6O4/c1-2-19-23-10-16(21(30)31)20(29)28(19)15-7-8-18(17(9-15)27-12-24-25-26-27)32-11-13-3-5-14(22)6-4-13/h3-10,12H,2,11H2,1H3,(H,30,31). The molecule has 2 aromatic carbocycles. The van der Waals surface area contributed by atoms with Gasteiger partial charge in [-0.05, 0) is 46.3 Å². The van der Waals surface area contributed by atoms with Crippen LogP contribution in [0.2, 0.25) is 5.02 Å². The van der Waals surface area contributed by atoms with Crippen molar-refractivity contribution in [3.8, 4) is 17.1 Å². The minimum atomic E-state index is -1.34. The van der Waals surface area contributed by atoms with Gasteiger partial charge in [0, 0.05) is 17.6 Å². The van der Waals surface area contributed by atoms with E-state index in [1.165, 1.54) is 15.6 Å². The van der Waals surface area contributed by atoms with Gasteiger partial charge in [0.15, 0.2) is 0 Å². The van der Waals surface area contributed by atoms with E-state index in [9.17, 15) is 14.7 Å². The Labute approximate surface area is 186 Å². The number of carbonyl (C=O) groups is 1. The first-order chi connectivity index (χ1) is 15.5. The molecular formula is C21H17ClN6O4. The number of rotatable bonds is 7. The predicted octanol–water partition coefficient (Wildman–Crippen LogP) is 2.70. The SMILES string of the molecule is CCc1ncc(C(=O)O)c(=O)n1-c1ccc(OCc2ccc(Cl)cc2)c(-n2cnnn2)c1. The fourth-order valence-electron chi connectivity index (χ4n) is 3.11. The molecule has 162 valence electrons. The van der Waals surface area contributed by atoms with Gasteiger partial charge in [0.25, 0.3) is 5.56 Å². The Morgan fingerprint density at radius 1 is 1.19 bits per heavy atom. The summed E-state index contributed by atoms with van der Waals surface area (Å²) in [6, 6.07) is 12.2. The van der Waals surface area contributed by atoms with E-state index in [-0.39, 0.29) is 6.61 Å². The lowest BCUT2D eigenvalue weighted by Crippen LogP contribution is -2.28. The second kappa shape index (κ2) is 8.98. The highest BCUT2D eigenvalue weighted by Crippen LogP contribution is 2.26. The van der Waals surface area contributed by atoms with Crippen LogP contribution in [0.15, 0.2) is 59.8 Å². The van der Waals surface area contributed by atoms with Crippen molar-refractivity contribution in [3.63, 3.8) is 0 Å². The molecule has 0 saturated heterocycles. The van der Waals surface area contributed by atoms with Crippen LogP contribution in [0.5, 0.6) is 5.75 Å². The number of hydrogen-bond donors (Lipinski definition) is 1. The van der Waals surface area contributed by atoms with Gasteiger partial charge in [0.1, 0.15) is 35.8 Å². The maximum Gasteiger partial charge on any atom is 0.342 e. The van der Waals surface area contributed by atoms with Crippen LogP contribution >= 0.6 is 11.6 Å². The van der Waals surface area contributed by atoms with Crippen LogP contribution in [-0.4, -0.2) is 40.8 Å². The zero-order valence-corrected chi connectivity index (χ0v) is 17.6. The number of aromatic carboxylic acids is 1. The average Bonchev–Trinajstić information content (AvgIpc) is 3.33. The highest BCUT2D eigenvalue weighted by atomic mass is 35.5. The smallest absolute Gasteiger partial charge is 0.342 e. The number of carboxylic acids is 1. The Morgan fingerprint density at radius 2 is 1.97 bits per heavy atom. The summed E-state index contributed by atoms with van der Waals surface area (Å²) in [5.41, 5.74) is 0.683. The largest absolute Gasteiger partial charge is 0.487 e. The summed E-state index contributed by atoms with van der Waals surface area (Å²) in [6.45, 7) is 2.09. The summed E-state index contributed by atoms with van der Waals surface area (Å²) in [5.74, 6) is -0.468. The van der Waals surface area contributed by atoms with Crippen LogP contribution in [0.1, 0.15) is 28.7 Å². The predicted molar refractivity (Wildman–Crippen MR) is 115 cm³/mol. The van der Waals surface area contributed by atoms with E-state index < -0.39 is 17.1 Å². The van der Waals surface area contributed by atoms with E-state index in [2.05, 4.69) is 20.5 Å². The van der Waals surface area contributed by atoms with Gasteiger partial charge in [-0.3, -0.25) is 9.36 Å². The first-order valence-corrected chi connectivity index (χ1v) is 9.95. The number of carboxylic acid groups (broad SMARTS) is 1. The second-order valence-electron chi connectivity index (χ2n) is 6.71. The topological polar surface area (TPSA) is 125 Å². The summed E-state index contributed by atoms with van der Waals surface area (Å²) in [6.07, 6.45) is 2.89. The molecule has 0 saturated carbocycles. The van der Waals surface area contributed by atoms with Crippen LogP contribution in [0, 0.1) is 0 Å². The zero-order chi connectivity index (χ0) is 22.7. The van der Waals surface area contributed by atoms with Gasteiger partial charge in [0.2, 0.25) is 0 Å². The summed E-state index contributed by atoms with van der Waals surface area (Å²) in [4.78, 5) is 28.5. The highest BCUT2D eigenvalue weighted by molar-refractivity contribution is 6.30. The lowest BCUT2D eigenvalue weighted by molar-refractivity contribution is 0.0694. The molecule has 0 amide bonds. The molecule has 10 nitrogen and oxygen atoms in total. The van der Waals surface area contributed by atoms with E-state index in [0.717, 1.165) is 11.8 Å². The first kappa shape index (κ1) is 21.2. The van der Waals surface area contributed by atoms with Crippen LogP contribution in [0.4, 0.5) is 0 Å². The van der Waals surface area contributed by atoms with E-state index in [0.29, 0.717) is 34.4 Å². The number of tetrazole rings is 1. The third-order valence-electron chi connectivity index (χ3n) is 4.69. The third-order valence-corrected chi connectivity index (χ3v) is 4.94. The average molecular weight is 453 g/mol. The number of ether oxygens (including phenoxy) is 1. The fraction of sp³-hybridized carbons (Fsp3) is 0.143. The van der Waals surface area contributed by atoms with Crippen molar-refractivity contribution >= 4 is 17.6 Å². The maximum absolute atomic E-state index is 12.9. The van der Waals surface area contributed by atoms with Crippen LogP contribution in [0.25, 0.3) is 11.4 Å². The highest BCUT2D eigenvalue weighted by Gasteiger charge is 2.18. The molecule has 0 aliphatic heterocycles. The van der Waals surface area contributed by atoms with E-state index in [1.54, 1.807) is 30.3 Å². The molecule has 1 N–H and O–H groups in total. The number of aromatic nitrogens is 6. The molecule has 0 fully saturated rings. The molecule has 11 heteroatoms. The first-order valence-electron chi connectivity index (χ1n) is 9.57. The molecular weight excluding hydrogens is 436 g/mol. The zero-order valence-electron chi connectivity index (χ0n) is 16.8. The van der Waals surface area contributed by atoms with Crippen LogP contribution in [-0.2, 0) is 13.0 Å². The maximum atomic E-state index is 12.9. The Hall–Kier alpha value is -4.05. The summed E-state index contributed by atoms with van der Waals surface area (Å²) < 4.78 is 8.63. The molecule has 4 aromatic rings. The van der Waals surface area contributed by atoms with Gasteiger partial charge in [-0.1, -0.05) is 30.7 Å². The molecule has 0 atom stereocenters. The summed E-state index contributed by atoms with van der Waals surface area (Å²) >= 11 is 5.93. The van der Waals surface area contributed by atoms with E-state index in [1.807, 2.05) is 19.1 Å². The third kappa shape index (κ3) is 4.21. The number of hydrogen-bond acceptors (Lipinski definition) is 7. The quantitative estimate of drug-likeness (QED) is 0.453. The molecule has 0 radical (unpaired) electrons. The number of benzene rings is 2. The Kier molecular flexibility index (Phi) is 5.95. The van der Waals surface area contributed by atoms with Gasteiger partial charge < -0.3 is 9.84 Å². The molecule has 0 aliphatic carbocycles. The number of nitrogens with zero attached hydrogens (tertiary/aromatic N) is 6. The van der Waals surface area contributed by atoms with Gasteiger partial charge in [-0.2, -0.15) is 4.68 Å². The lowest BCUT2D eigenvalue weighted by Gasteiger charge is -2.16. The van der Waals surface area contributed by atoms with Crippen molar-refractivity contribution in [1.29, 1.82) is 0 Å². The molecule has 0 bridgehead atoms. The minimum absolute atomic E-state index is 0.266. The van der Waals surface area contributed by atoms with Crippen molar-refractivity contribution < 1.29 is 14.6 Å². The molecule has 0 aliphatic rings. The Morgan fingerprint density at radius 3 is 2.62 bits per heavy atom. The fourth-order valence-corrected chi connectivity index (χ4v) is 3.24. The van der Waals surface area contributed by atoms with Crippen LogP contribution < -0.4 is 10.3 Å². The molecule has 32 heavy (non-hydrogen) atoms. The normalized spacial score (nSPS) is 10.8. The lowest BCUT2D eigenvalue weighted by atomic mass is 10.2. The Balaban J connectivity index is 1.79. The van der Waals surface area contributed by atoms with Crippen molar-refractivity contribution in [2.45, 2.75) is 20.0 Å². The Bertz CT molecular complexity index is 1320. The van der Waals surface area contributed by atoms with Gasteiger partial charge >= 0.3 is 5.97 Å². The van der Waals surface area contributed by atoms with Gasteiger partial charge in [-0.15, -0.1) is 5.10 Å². The van der Waals surface area contributed by atoms with Crippen molar-refractivity contribution in [1.82, 2.24) is 29.8 Å². The number of aryl methyl sites for hydroxylation is 1. The molecule has 0 spiro atoms. The number of halogens is 1. The summed E-state index contributed by atoms with van der Waals surface area (Å²) in [5, 5.41) is 21.2. The summed E-state index contributed by atoms with van der Waals surface area (Å²) in [7, 11) is 0.